The van der Waals surface area contributed by atoms with Crippen molar-refractivity contribution in [2.45, 2.75) is 58.4 Å². The van der Waals surface area contributed by atoms with E-state index in [1.54, 1.807) is 7.11 Å². The molecule has 1 saturated heterocycles. The number of benzene rings is 2. The molecule has 1 aromatic heterocycles. The highest BCUT2D eigenvalue weighted by Gasteiger charge is 2.27. The highest BCUT2D eigenvalue weighted by molar-refractivity contribution is 5.37. The first kappa shape index (κ1) is 23.4. The first-order valence-electron chi connectivity index (χ1n) is 11.7. The highest BCUT2D eigenvalue weighted by Crippen LogP contribution is 2.33. The number of hydrogen-bond acceptors (Lipinski definition) is 4. The van der Waals surface area contributed by atoms with Crippen LogP contribution in [0, 0.1) is 5.82 Å². The molecule has 0 unspecified atom stereocenters. The van der Waals surface area contributed by atoms with Gasteiger partial charge in [-0.1, -0.05) is 24.3 Å². The molecule has 0 bridgehead atoms. The maximum atomic E-state index is 13.1. The number of rotatable bonds is 9. The topological polar surface area (TPSA) is 34.6 Å². The fourth-order valence-electron chi connectivity index (χ4n) is 4.53. The van der Waals surface area contributed by atoms with Crippen LogP contribution < -0.4 is 4.74 Å². The smallest absolute Gasteiger partial charge is 0.125 e. The Hall–Kier alpha value is -2.76. The number of halogens is 1. The van der Waals surface area contributed by atoms with Crippen molar-refractivity contribution in [1.82, 2.24) is 9.88 Å². The lowest BCUT2D eigenvalue weighted by atomic mass is 10.0. The van der Waals surface area contributed by atoms with Crippen LogP contribution in [0.25, 0.3) is 0 Å². The maximum absolute atomic E-state index is 13.1. The Bertz CT molecular complexity index is 1030. The molecule has 0 aliphatic carbocycles. The SMILES string of the molecule is COCc1cc(CN2CCC[C@H]2c2ccc(Cc3ccc(F)cc3)cn2)ccc1OC(C)C. The Morgan fingerprint density at radius 3 is 2.48 bits per heavy atom. The van der Waals surface area contributed by atoms with Gasteiger partial charge in [0.1, 0.15) is 11.6 Å². The molecular formula is C28H33FN2O2. The van der Waals surface area contributed by atoms with E-state index in [2.05, 4.69) is 35.2 Å². The Morgan fingerprint density at radius 2 is 1.79 bits per heavy atom. The molecule has 2 heterocycles. The van der Waals surface area contributed by atoms with Crippen LogP contribution >= 0.6 is 0 Å². The Labute approximate surface area is 196 Å². The molecule has 0 radical (unpaired) electrons. The molecule has 0 N–H and O–H groups in total. The van der Waals surface area contributed by atoms with Gasteiger partial charge in [-0.2, -0.15) is 0 Å². The summed E-state index contributed by atoms with van der Waals surface area (Å²) in [7, 11) is 1.72. The minimum atomic E-state index is -0.204. The zero-order valence-electron chi connectivity index (χ0n) is 19.8. The third-order valence-electron chi connectivity index (χ3n) is 6.05. The zero-order valence-corrected chi connectivity index (χ0v) is 19.8. The van der Waals surface area contributed by atoms with Crippen LogP contribution in [-0.2, 0) is 24.3 Å². The summed E-state index contributed by atoms with van der Waals surface area (Å²) in [5.74, 6) is 0.692. The standard InChI is InChI=1S/C28H33FN2O2/c1-20(2)33-28-13-9-23(16-24(28)19-32-3)18-31-14-4-5-27(31)26-12-8-22(17-30-26)15-21-6-10-25(29)11-7-21/h6-13,16-17,20,27H,4-5,14-15,18-19H2,1-3H3/t27-/m0/s1. The van der Waals surface area contributed by atoms with Crippen molar-refractivity contribution >= 4 is 0 Å². The van der Waals surface area contributed by atoms with E-state index in [1.165, 1.54) is 24.1 Å². The molecule has 0 amide bonds. The van der Waals surface area contributed by atoms with Gasteiger partial charge in [0.15, 0.2) is 0 Å². The fourth-order valence-corrected chi connectivity index (χ4v) is 4.53. The number of aromatic nitrogens is 1. The summed E-state index contributed by atoms with van der Waals surface area (Å²) in [5.41, 5.74) is 5.69. The molecule has 0 spiro atoms. The van der Waals surface area contributed by atoms with Gasteiger partial charge in [0.05, 0.1) is 24.4 Å². The third kappa shape index (κ3) is 6.18. The fraction of sp³-hybridized carbons (Fsp3) is 0.393. The van der Waals surface area contributed by atoms with Gasteiger partial charge in [-0.15, -0.1) is 0 Å². The summed E-state index contributed by atoms with van der Waals surface area (Å²) in [5, 5.41) is 0. The zero-order chi connectivity index (χ0) is 23.2. The summed E-state index contributed by atoms with van der Waals surface area (Å²) in [6.07, 6.45) is 5.14. The van der Waals surface area contributed by atoms with Gasteiger partial charge in [0.2, 0.25) is 0 Å². The molecule has 1 atom stereocenters. The number of nitrogens with zero attached hydrogens (tertiary/aromatic N) is 2. The molecule has 33 heavy (non-hydrogen) atoms. The van der Waals surface area contributed by atoms with Crippen LogP contribution in [0.1, 0.15) is 60.7 Å². The van der Waals surface area contributed by atoms with E-state index in [0.717, 1.165) is 54.1 Å². The molecular weight excluding hydrogens is 415 g/mol. The predicted octanol–water partition coefficient (Wildman–Crippen LogP) is 6.08. The van der Waals surface area contributed by atoms with E-state index in [9.17, 15) is 4.39 Å². The second-order valence-corrected chi connectivity index (χ2v) is 9.06. The van der Waals surface area contributed by atoms with E-state index < -0.39 is 0 Å². The van der Waals surface area contributed by atoms with Gasteiger partial charge in [-0.05, 0) is 86.7 Å². The second-order valence-electron chi connectivity index (χ2n) is 9.06. The van der Waals surface area contributed by atoms with E-state index in [4.69, 9.17) is 14.5 Å². The van der Waals surface area contributed by atoms with Crippen LogP contribution in [0.4, 0.5) is 4.39 Å². The van der Waals surface area contributed by atoms with Crippen LogP contribution in [-0.4, -0.2) is 29.6 Å². The molecule has 1 aliphatic heterocycles. The largest absolute Gasteiger partial charge is 0.491 e. The van der Waals surface area contributed by atoms with Crippen LogP contribution in [0.15, 0.2) is 60.8 Å². The normalized spacial score (nSPS) is 16.5. The molecule has 3 aromatic rings. The molecule has 1 fully saturated rings. The van der Waals surface area contributed by atoms with E-state index in [0.29, 0.717) is 12.6 Å². The molecule has 5 heteroatoms. The van der Waals surface area contributed by atoms with Crippen LogP contribution in [0.2, 0.25) is 0 Å². The van der Waals surface area contributed by atoms with E-state index in [1.807, 2.05) is 32.2 Å². The van der Waals surface area contributed by atoms with E-state index >= 15 is 0 Å². The molecule has 174 valence electrons. The van der Waals surface area contributed by atoms with Gasteiger partial charge < -0.3 is 9.47 Å². The number of methoxy groups -OCH3 is 1. The van der Waals surface area contributed by atoms with Gasteiger partial charge >= 0.3 is 0 Å². The lowest BCUT2D eigenvalue weighted by Gasteiger charge is -2.25. The highest BCUT2D eigenvalue weighted by atomic mass is 19.1. The Kier molecular flexibility index (Phi) is 7.73. The van der Waals surface area contributed by atoms with Crippen LogP contribution in [0.5, 0.6) is 5.75 Å². The lowest BCUT2D eigenvalue weighted by molar-refractivity contribution is 0.174. The average Bonchev–Trinajstić information content (AvgIpc) is 3.25. The van der Waals surface area contributed by atoms with Crippen molar-refractivity contribution in [3.63, 3.8) is 0 Å². The third-order valence-corrected chi connectivity index (χ3v) is 6.05. The van der Waals surface area contributed by atoms with Gasteiger partial charge in [-0.3, -0.25) is 9.88 Å². The Balaban J connectivity index is 1.44. The molecule has 1 aliphatic rings. The average molecular weight is 449 g/mol. The first-order valence-corrected chi connectivity index (χ1v) is 11.7. The Morgan fingerprint density at radius 1 is 1.03 bits per heavy atom. The number of ether oxygens (including phenoxy) is 2. The van der Waals surface area contributed by atoms with Crippen molar-refractivity contribution < 1.29 is 13.9 Å². The van der Waals surface area contributed by atoms with Crippen molar-refractivity contribution in [1.29, 1.82) is 0 Å². The molecule has 4 nitrogen and oxygen atoms in total. The van der Waals surface area contributed by atoms with Gasteiger partial charge in [-0.25, -0.2) is 4.39 Å². The van der Waals surface area contributed by atoms with E-state index in [-0.39, 0.29) is 11.9 Å². The summed E-state index contributed by atoms with van der Waals surface area (Å²) in [6, 6.07) is 17.7. The van der Waals surface area contributed by atoms with Crippen molar-refractivity contribution in [2.24, 2.45) is 0 Å². The van der Waals surface area contributed by atoms with Crippen molar-refractivity contribution in [3.8, 4) is 5.75 Å². The maximum Gasteiger partial charge on any atom is 0.125 e. The number of pyridine rings is 1. The van der Waals surface area contributed by atoms with Gasteiger partial charge in [0, 0.05) is 25.4 Å². The first-order chi connectivity index (χ1) is 16.0. The summed E-state index contributed by atoms with van der Waals surface area (Å²) < 4.78 is 24.5. The minimum absolute atomic E-state index is 0.131. The minimum Gasteiger partial charge on any atom is -0.491 e. The lowest BCUT2D eigenvalue weighted by Crippen LogP contribution is -2.23. The van der Waals surface area contributed by atoms with Crippen molar-refractivity contribution in [3.05, 3.63) is 94.6 Å². The molecule has 2 aromatic carbocycles. The predicted molar refractivity (Wildman–Crippen MR) is 129 cm³/mol. The van der Waals surface area contributed by atoms with Crippen molar-refractivity contribution in [2.75, 3.05) is 13.7 Å². The van der Waals surface area contributed by atoms with Crippen LogP contribution in [0.3, 0.4) is 0 Å². The number of hydrogen-bond donors (Lipinski definition) is 0. The molecule has 0 saturated carbocycles. The monoisotopic (exact) mass is 448 g/mol. The quantitative estimate of drug-likeness (QED) is 0.397. The second kappa shape index (κ2) is 10.9. The molecule has 4 rings (SSSR count). The summed E-state index contributed by atoms with van der Waals surface area (Å²) in [6.45, 7) is 6.56. The van der Waals surface area contributed by atoms with Gasteiger partial charge in [0.25, 0.3) is 0 Å². The summed E-state index contributed by atoms with van der Waals surface area (Å²) in [4.78, 5) is 7.32. The summed E-state index contributed by atoms with van der Waals surface area (Å²) >= 11 is 0. The number of likely N-dealkylation sites (tertiary alicyclic amines) is 1.